The molecule has 2 aromatic rings. The summed E-state index contributed by atoms with van der Waals surface area (Å²) in [5, 5.41) is 2.23. The van der Waals surface area contributed by atoms with Gasteiger partial charge >= 0.3 is 0 Å². The standard InChI is InChI=1S/C23H27N5O2/c1-14-4-7-19-21(28(14)16(3)29)9-8-18(23(19)30-22-12-24-10-11-25-22)20-13-27(17-5-6-17)26-15(20)2/h8-15,17,26H,4-7H2,1-3H3/t14-,15?/m0/s1. The number of carbonyl (C=O) groups is 1. The second-order valence-electron chi connectivity index (χ2n) is 8.44. The molecule has 0 radical (unpaired) electrons. The molecule has 0 bridgehead atoms. The fourth-order valence-electron chi connectivity index (χ4n) is 4.53. The van der Waals surface area contributed by atoms with E-state index in [4.69, 9.17) is 4.74 Å². The number of hydrogen-bond donors (Lipinski definition) is 1. The number of hydrogen-bond acceptors (Lipinski definition) is 6. The molecule has 1 aliphatic carbocycles. The summed E-state index contributed by atoms with van der Waals surface area (Å²) >= 11 is 0. The summed E-state index contributed by atoms with van der Waals surface area (Å²) in [7, 11) is 0. The van der Waals surface area contributed by atoms with Crippen molar-refractivity contribution in [3.05, 3.63) is 48.1 Å². The predicted molar refractivity (Wildman–Crippen MR) is 115 cm³/mol. The van der Waals surface area contributed by atoms with E-state index >= 15 is 0 Å². The first-order valence-corrected chi connectivity index (χ1v) is 10.7. The maximum Gasteiger partial charge on any atom is 0.237 e. The van der Waals surface area contributed by atoms with Crippen LogP contribution in [0.5, 0.6) is 11.6 Å². The quantitative estimate of drug-likeness (QED) is 0.837. The van der Waals surface area contributed by atoms with Gasteiger partial charge in [-0.2, -0.15) is 0 Å². The fourth-order valence-corrected chi connectivity index (χ4v) is 4.53. The van der Waals surface area contributed by atoms with Gasteiger partial charge in [-0.15, -0.1) is 0 Å². The third-order valence-corrected chi connectivity index (χ3v) is 6.17. The molecule has 0 saturated heterocycles. The van der Waals surface area contributed by atoms with Crippen LogP contribution < -0.4 is 15.1 Å². The van der Waals surface area contributed by atoms with Gasteiger partial charge in [-0.05, 0) is 57.2 Å². The highest BCUT2D eigenvalue weighted by molar-refractivity contribution is 5.95. The topological polar surface area (TPSA) is 70.6 Å². The Hall–Kier alpha value is -2.93. The van der Waals surface area contributed by atoms with Gasteiger partial charge < -0.3 is 14.6 Å². The molecule has 5 rings (SSSR count). The van der Waals surface area contributed by atoms with Crippen molar-refractivity contribution in [1.29, 1.82) is 0 Å². The van der Waals surface area contributed by atoms with E-state index in [1.54, 1.807) is 25.5 Å². The van der Waals surface area contributed by atoms with E-state index < -0.39 is 0 Å². The van der Waals surface area contributed by atoms with Gasteiger partial charge in [0.15, 0.2) is 0 Å². The van der Waals surface area contributed by atoms with Gasteiger partial charge in [0, 0.05) is 48.7 Å². The summed E-state index contributed by atoms with van der Waals surface area (Å²) in [5.74, 6) is 1.29. The largest absolute Gasteiger partial charge is 0.436 e. The third kappa shape index (κ3) is 3.33. The first kappa shape index (κ1) is 19.1. The van der Waals surface area contributed by atoms with E-state index in [1.165, 1.54) is 18.4 Å². The molecule has 1 aromatic heterocycles. The zero-order valence-corrected chi connectivity index (χ0v) is 17.6. The molecule has 156 valence electrons. The highest BCUT2D eigenvalue weighted by Gasteiger charge is 2.36. The molecule has 3 heterocycles. The van der Waals surface area contributed by atoms with E-state index in [0.717, 1.165) is 35.4 Å². The van der Waals surface area contributed by atoms with E-state index in [1.807, 2.05) is 4.90 Å². The van der Waals surface area contributed by atoms with Crippen molar-refractivity contribution in [1.82, 2.24) is 20.4 Å². The van der Waals surface area contributed by atoms with Gasteiger partial charge in [-0.1, -0.05) is 0 Å². The van der Waals surface area contributed by atoms with Crippen molar-refractivity contribution in [3.63, 3.8) is 0 Å². The lowest BCUT2D eigenvalue weighted by molar-refractivity contribution is -0.117. The van der Waals surface area contributed by atoms with Crippen LogP contribution in [0.25, 0.3) is 5.57 Å². The summed E-state index contributed by atoms with van der Waals surface area (Å²) in [5.41, 5.74) is 7.79. The van der Waals surface area contributed by atoms with Crippen molar-refractivity contribution < 1.29 is 9.53 Å². The minimum absolute atomic E-state index is 0.0525. The molecule has 7 nitrogen and oxygen atoms in total. The number of nitrogens with one attached hydrogen (secondary N) is 1. The Morgan fingerprint density at radius 3 is 2.73 bits per heavy atom. The minimum atomic E-state index is 0.0525. The Bertz CT molecular complexity index is 1000. The summed E-state index contributed by atoms with van der Waals surface area (Å²) in [6.07, 6.45) is 11.3. The zero-order chi connectivity index (χ0) is 20.8. The summed E-state index contributed by atoms with van der Waals surface area (Å²) in [6.45, 7) is 5.89. The van der Waals surface area contributed by atoms with Gasteiger partial charge in [0.25, 0.3) is 0 Å². The molecule has 1 amide bonds. The van der Waals surface area contributed by atoms with Gasteiger partial charge in [0.2, 0.25) is 11.8 Å². The number of fused-ring (bicyclic) bond motifs is 1. The van der Waals surface area contributed by atoms with Crippen LogP contribution in [0.15, 0.2) is 36.9 Å². The molecule has 1 fully saturated rings. The molecular weight excluding hydrogens is 378 g/mol. The number of anilines is 1. The Labute approximate surface area is 176 Å². The number of carbonyl (C=O) groups excluding carboxylic acids is 1. The molecule has 1 N–H and O–H groups in total. The second kappa shape index (κ2) is 7.40. The maximum absolute atomic E-state index is 12.4. The molecule has 1 saturated carbocycles. The van der Waals surface area contributed by atoms with Crippen LogP contribution in [0.3, 0.4) is 0 Å². The molecule has 0 spiro atoms. The lowest BCUT2D eigenvalue weighted by atomic mass is 9.90. The van der Waals surface area contributed by atoms with Crippen LogP contribution in [0.4, 0.5) is 5.69 Å². The SMILES string of the molecule is CC(=O)N1c2ccc(C3=CN(C4CC4)NC3C)c(Oc3cnccn3)c2CC[C@@H]1C. The van der Waals surface area contributed by atoms with Gasteiger partial charge in [0.1, 0.15) is 5.75 Å². The van der Waals surface area contributed by atoms with Crippen LogP contribution in [0, 0.1) is 0 Å². The fraction of sp³-hybridized carbons (Fsp3) is 0.435. The third-order valence-electron chi connectivity index (χ3n) is 6.17. The highest BCUT2D eigenvalue weighted by atomic mass is 16.5. The summed E-state index contributed by atoms with van der Waals surface area (Å²) in [4.78, 5) is 22.7. The van der Waals surface area contributed by atoms with E-state index in [0.29, 0.717) is 11.9 Å². The molecular formula is C23H27N5O2. The lowest BCUT2D eigenvalue weighted by Crippen LogP contribution is -2.40. The monoisotopic (exact) mass is 405 g/mol. The number of nitrogens with zero attached hydrogens (tertiary/aromatic N) is 4. The minimum Gasteiger partial charge on any atom is -0.436 e. The normalized spacial score (nSPS) is 23.2. The smallest absolute Gasteiger partial charge is 0.237 e. The molecule has 2 aliphatic heterocycles. The average Bonchev–Trinajstić information content (AvgIpc) is 3.51. The Kier molecular flexibility index (Phi) is 4.70. The van der Waals surface area contributed by atoms with Crippen LogP contribution in [0.1, 0.15) is 51.2 Å². The first-order chi connectivity index (χ1) is 14.5. The summed E-state index contributed by atoms with van der Waals surface area (Å²) in [6, 6.07) is 5.08. The van der Waals surface area contributed by atoms with Crippen molar-refractivity contribution in [2.75, 3.05) is 4.90 Å². The van der Waals surface area contributed by atoms with Crippen LogP contribution in [0.2, 0.25) is 0 Å². The second-order valence-corrected chi connectivity index (χ2v) is 8.44. The number of hydrazine groups is 1. The van der Waals surface area contributed by atoms with Crippen molar-refractivity contribution >= 4 is 17.2 Å². The number of rotatable bonds is 4. The van der Waals surface area contributed by atoms with Crippen LogP contribution in [-0.2, 0) is 11.2 Å². The van der Waals surface area contributed by atoms with E-state index in [9.17, 15) is 4.79 Å². The molecule has 2 atom stereocenters. The molecule has 30 heavy (non-hydrogen) atoms. The maximum atomic E-state index is 12.4. The van der Waals surface area contributed by atoms with Crippen molar-refractivity contribution in [2.45, 2.75) is 64.6 Å². The summed E-state index contributed by atoms with van der Waals surface area (Å²) < 4.78 is 6.34. The van der Waals surface area contributed by atoms with Gasteiger partial charge in [0.05, 0.1) is 17.9 Å². The van der Waals surface area contributed by atoms with Crippen molar-refractivity contribution in [2.24, 2.45) is 0 Å². The Morgan fingerprint density at radius 1 is 1.20 bits per heavy atom. The van der Waals surface area contributed by atoms with E-state index in [-0.39, 0.29) is 18.0 Å². The number of aromatic nitrogens is 2. The van der Waals surface area contributed by atoms with Crippen LogP contribution in [-0.4, -0.2) is 39.0 Å². The Balaban J connectivity index is 1.64. The molecule has 3 aliphatic rings. The molecule has 1 aromatic carbocycles. The Morgan fingerprint density at radius 2 is 2.03 bits per heavy atom. The van der Waals surface area contributed by atoms with Crippen molar-refractivity contribution in [3.8, 4) is 11.6 Å². The van der Waals surface area contributed by atoms with Gasteiger partial charge in [-0.25, -0.2) is 10.4 Å². The van der Waals surface area contributed by atoms with Crippen LogP contribution >= 0.6 is 0 Å². The number of ether oxygens (including phenoxy) is 1. The number of amides is 1. The van der Waals surface area contributed by atoms with Gasteiger partial charge in [-0.3, -0.25) is 9.78 Å². The lowest BCUT2D eigenvalue weighted by Gasteiger charge is -2.36. The average molecular weight is 406 g/mol. The van der Waals surface area contributed by atoms with E-state index in [2.05, 4.69) is 52.6 Å². The predicted octanol–water partition coefficient (Wildman–Crippen LogP) is 3.67. The molecule has 1 unspecified atom stereocenters. The zero-order valence-electron chi connectivity index (χ0n) is 17.6. The highest BCUT2D eigenvalue weighted by Crippen LogP contribution is 2.44. The number of benzene rings is 1. The molecule has 7 heteroatoms. The first-order valence-electron chi connectivity index (χ1n) is 10.7.